The predicted octanol–water partition coefficient (Wildman–Crippen LogP) is 11.5. The van der Waals surface area contributed by atoms with E-state index >= 15 is 0 Å². The number of aliphatic hydroxyl groups excluding tert-OH is 3. The zero-order valence-electron chi connectivity index (χ0n) is 57.1. The summed E-state index contributed by atoms with van der Waals surface area (Å²) in [5, 5.41) is 67.8. The Morgan fingerprint density at radius 2 is 1.11 bits per heavy atom. The molecule has 1 aliphatic heterocycles. The van der Waals surface area contributed by atoms with E-state index in [2.05, 4.69) is 73.9 Å². The van der Waals surface area contributed by atoms with Crippen LogP contribution in [0.15, 0.2) is 78.7 Å². The molecule has 14 rings (SSSR count). The Labute approximate surface area is 607 Å². The van der Waals surface area contributed by atoms with Crippen LogP contribution in [-0.2, 0) is 54.6 Å². The predicted molar refractivity (Wildman–Crippen MR) is 386 cm³/mol. The number of nitrogens with zero attached hydrogens (tertiary/aromatic N) is 19. The SMILES string of the molecule is C=Cc1sc(-c2cnn(C)c2C(=O)CO)nc1C.CCc1sc(-c2cnn(C)c2C(=O)CO)nc1C.Cc1csc(-c2cnn(C)c2C(=O)CC2CCn3nc(-c4ccccc4)nc3C2)n1.Cn1ncc(-c2nc(C(F)F)c(C3CC3)s2)c1C(=O)CO.[C-]#[N+]c1csc(-c2cnn(C)c2C(=O)O)n1. The standard InChI is InChI=1S/C22H22N6OS.C13H13F2N3O2S.C12H15N3O2S.C12H13N3O2S.C9H6N4O2S/c1-14-13-30-22(24-14)17-12-23-27(2)20(17)18(29)10-15-8-9-28-19(11-15)25-21(26-28)16-6-4-3-5-7-16;1-18-10(8(20)5-19)7(4-16-18)13-17-9(12(14)15)11(21-13)6-2-3-6;2*1-4-10-7(2)14-12(18-10)8-5-13-15(3)11(8)9(17)6-16;1-10-6-4-16-8(12-6)5-3-11-13(2)7(5)9(14)15/h3-7,12-13,15H,8-11H2,1-2H3;4,6,12,19H,2-3,5H2,1H3;5,16H,4,6H2,1-3H3;4-5,16H,1,6H2,2-3H3;3-4H,2H3,(H,14,15). The largest absolute Gasteiger partial charge is 0.477 e. The Kier molecular flexibility index (Phi) is 24.3. The summed E-state index contributed by atoms with van der Waals surface area (Å²) >= 11 is 6.99. The number of aliphatic hydroxyl groups is 3. The number of halogens is 2. The van der Waals surface area contributed by atoms with Crippen molar-refractivity contribution < 1.29 is 53.2 Å². The maximum Gasteiger partial charge on any atom is 0.354 e. The molecule has 1 aromatic carbocycles. The number of aromatic nitrogens is 18. The third-order valence-electron chi connectivity index (χ3n) is 16.3. The van der Waals surface area contributed by atoms with Crippen molar-refractivity contribution in [2.45, 2.75) is 85.1 Å². The molecule has 11 aromatic heterocycles. The highest BCUT2D eigenvalue weighted by Gasteiger charge is 2.35. The minimum absolute atomic E-state index is 0.0749. The van der Waals surface area contributed by atoms with Crippen molar-refractivity contribution in [3.8, 4) is 64.2 Å². The molecule has 534 valence electrons. The molecule has 1 aliphatic carbocycles. The number of aryl methyl sites for hydroxylation is 10. The molecule has 0 spiro atoms. The summed E-state index contributed by atoms with van der Waals surface area (Å²) in [6.45, 7) is 17.5. The van der Waals surface area contributed by atoms with Crippen LogP contribution in [0.3, 0.4) is 0 Å². The summed E-state index contributed by atoms with van der Waals surface area (Å²) in [5.74, 6) is 0.228. The van der Waals surface area contributed by atoms with Crippen molar-refractivity contribution in [1.82, 2.24) is 88.6 Å². The lowest BCUT2D eigenvalue weighted by Gasteiger charge is -2.21. The first-order valence-electron chi connectivity index (χ1n) is 31.8. The van der Waals surface area contributed by atoms with Gasteiger partial charge in [0.2, 0.25) is 22.4 Å². The Bertz CT molecular complexity index is 5110. The fourth-order valence-corrected chi connectivity index (χ4v) is 15.9. The first kappa shape index (κ1) is 75.3. The van der Waals surface area contributed by atoms with Gasteiger partial charge >= 0.3 is 5.97 Å². The number of carbonyl (C=O) groups excluding carboxylic acids is 4. The number of thiazole rings is 5. The molecule has 12 aromatic rings. The monoisotopic (exact) mass is 1490 g/mol. The third-order valence-corrected chi connectivity index (χ3v) is 21.9. The van der Waals surface area contributed by atoms with E-state index in [9.17, 15) is 32.8 Å². The number of carboxylic acids is 1. The molecular formula is C68H69F2N19O9S5. The maximum absolute atomic E-state index is 13.2. The van der Waals surface area contributed by atoms with Gasteiger partial charge in [-0.15, -0.1) is 61.7 Å². The van der Waals surface area contributed by atoms with E-state index in [1.165, 1.54) is 70.0 Å². The van der Waals surface area contributed by atoms with Crippen LogP contribution in [-0.4, -0.2) is 158 Å². The van der Waals surface area contributed by atoms with Crippen LogP contribution in [0.2, 0.25) is 0 Å². The minimum atomic E-state index is -2.63. The van der Waals surface area contributed by atoms with Crippen molar-refractivity contribution in [2.75, 3.05) is 19.8 Å². The zero-order valence-corrected chi connectivity index (χ0v) is 61.2. The molecule has 0 amide bonds. The molecule has 0 radical (unpaired) electrons. The van der Waals surface area contributed by atoms with E-state index in [0.29, 0.717) is 65.7 Å². The average molecular weight is 1490 g/mol. The minimum Gasteiger partial charge on any atom is -0.477 e. The van der Waals surface area contributed by atoms with E-state index < -0.39 is 38.0 Å². The van der Waals surface area contributed by atoms with Crippen LogP contribution in [0.5, 0.6) is 0 Å². The van der Waals surface area contributed by atoms with Gasteiger partial charge in [0.1, 0.15) is 74.1 Å². The normalized spacial score (nSPS) is 13.0. The van der Waals surface area contributed by atoms with Crippen LogP contribution >= 0.6 is 56.7 Å². The van der Waals surface area contributed by atoms with Crippen molar-refractivity contribution in [2.24, 2.45) is 41.2 Å². The molecule has 103 heavy (non-hydrogen) atoms. The number of carboxylic acid groups (broad SMARTS) is 1. The van der Waals surface area contributed by atoms with Gasteiger partial charge in [0, 0.05) is 91.3 Å². The molecule has 35 heteroatoms. The Hall–Kier alpha value is -10.3. The summed E-state index contributed by atoms with van der Waals surface area (Å²) < 4.78 is 35.4. The van der Waals surface area contributed by atoms with Gasteiger partial charge in [-0.25, -0.2) is 43.2 Å². The number of aromatic carboxylic acids is 1. The fraction of sp³-hybridized carbons (Fsp3) is 0.324. The van der Waals surface area contributed by atoms with Gasteiger partial charge in [-0.3, -0.25) is 42.6 Å². The van der Waals surface area contributed by atoms with Gasteiger partial charge in [-0.2, -0.15) is 30.6 Å². The molecule has 1 unspecified atom stereocenters. The number of ketones is 4. The number of Topliss-reactive ketones (excluding diaryl/α,β-unsaturated/α-hetero) is 4. The fourth-order valence-electron chi connectivity index (χ4n) is 11.1. The molecule has 1 fully saturated rings. The highest BCUT2D eigenvalue weighted by molar-refractivity contribution is 7.16. The van der Waals surface area contributed by atoms with Gasteiger partial charge in [0.25, 0.3) is 12.2 Å². The second-order valence-corrected chi connectivity index (χ2v) is 28.3. The van der Waals surface area contributed by atoms with Crippen LogP contribution in [0.1, 0.15) is 141 Å². The zero-order chi connectivity index (χ0) is 74.1. The van der Waals surface area contributed by atoms with Gasteiger partial charge in [-0.1, -0.05) is 56.5 Å². The number of fused-ring (bicyclic) bond motifs is 1. The van der Waals surface area contributed by atoms with E-state index in [-0.39, 0.29) is 52.1 Å². The van der Waals surface area contributed by atoms with Crippen LogP contribution in [0.4, 0.5) is 14.6 Å². The molecule has 1 atom stereocenters. The Balaban J connectivity index is 0.000000141. The molecule has 2 aliphatic rings. The highest BCUT2D eigenvalue weighted by Crippen LogP contribution is 2.48. The van der Waals surface area contributed by atoms with E-state index in [4.69, 9.17) is 32.0 Å². The number of rotatable bonds is 20. The summed E-state index contributed by atoms with van der Waals surface area (Å²) in [4.78, 5) is 91.5. The lowest BCUT2D eigenvalue weighted by Crippen LogP contribution is -2.23. The number of hydrogen-bond donors (Lipinski definition) is 4. The van der Waals surface area contributed by atoms with Crippen LogP contribution < -0.4 is 0 Å². The molecule has 28 nitrogen and oxygen atoms in total. The third kappa shape index (κ3) is 16.9. The van der Waals surface area contributed by atoms with E-state index in [1.54, 1.807) is 85.6 Å². The first-order valence-corrected chi connectivity index (χ1v) is 36.0. The van der Waals surface area contributed by atoms with Crippen molar-refractivity contribution in [3.05, 3.63) is 162 Å². The second kappa shape index (κ2) is 33.2. The second-order valence-electron chi connectivity index (χ2n) is 23.4. The molecule has 0 saturated heterocycles. The molecule has 0 bridgehead atoms. The van der Waals surface area contributed by atoms with Gasteiger partial charge in [0.05, 0.1) is 70.2 Å². The lowest BCUT2D eigenvalue weighted by molar-refractivity contribution is 0.0684. The van der Waals surface area contributed by atoms with Gasteiger partial charge < -0.3 is 25.3 Å². The first-order chi connectivity index (χ1) is 49.4. The topological polar surface area (TPSA) is 355 Å². The summed E-state index contributed by atoms with van der Waals surface area (Å²) in [6, 6.07) is 10.0. The highest BCUT2D eigenvalue weighted by atomic mass is 32.1. The maximum atomic E-state index is 13.2. The summed E-state index contributed by atoms with van der Waals surface area (Å²) in [5.41, 5.74) is 8.35. The molecule has 4 N–H and O–H groups in total. The molecular weight excluding hydrogens is 1430 g/mol. The number of benzene rings is 1. The number of alkyl halides is 2. The number of hydrogen-bond acceptors (Lipinski definition) is 25. The van der Waals surface area contributed by atoms with Gasteiger partial charge in [-0.05, 0) is 58.3 Å². The molecule has 12 heterocycles. The van der Waals surface area contributed by atoms with Gasteiger partial charge in [0.15, 0.2) is 17.3 Å². The average Bonchev–Trinajstić information content (AvgIpc) is 1.65. The smallest absolute Gasteiger partial charge is 0.354 e. The lowest BCUT2D eigenvalue weighted by atomic mass is 9.91. The van der Waals surface area contributed by atoms with Crippen molar-refractivity contribution >= 4 is 97.7 Å². The summed E-state index contributed by atoms with van der Waals surface area (Å²) in [6.07, 6.45) is 11.8. The quantitative estimate of drug-likeness (QED) is 0.0407. The van der Waals surface area contributed by atoms with Crippen LogP contribution in [0.25, 0.3) is 75.2 Å². The molecule has 1 saturated carbocycles. The van der Waals surface area contributed by atoms with Crippen LogP contribution in [0, 0.1) is 33.3 Å². The summed E-state index contributed by atoms with van der Waals surface area (Å²) in [7, 11) is 8.29. The number of carbonyl (C=O) groups is 5. The van der Waals surface area contributed by atoms with E-state index in [0.717, 1.165) is 93.4 Å². The van der Waals surface area contributed by atoms with Crippen molar-refractivity contribution in [1.29, 1.82) is 0 Å². The Morgan fingerprint density at radius 3 is 1.56 bits per heavy atom. The van der Waals surface area contributed by atoms with E-state index in [1.807, 2.05) is 68.2 Å². The Morgan fingerprint density at radius 1 is 0.621 bits per heavy atom. The van der Waals surface area contributed by atoms with Crippen molar-refractivity contribution in [3.63, 3.8) is 0 Å².